The van der Waals surface area contributed by atoms with Crippen LogP contribution in [0.4, 0.5) is 0 Å². The number of carbonyl (C=O) groups is 2. The standard InChI is InChI=1S/C32H61N5O7S2/c1-4-17-36(18-5-2)32(40)26-20-25(21-28(22-26)45(33,41)42)31(39)34-29(19-24-13-9-7-10-14-24)30(38)23-37(6-3)35-46(43,44)27-15-11-8-12-16-27/h24-30,35,38H,4-23H2,1-3H3,(H,34,39)(H2,33,41,42). The lowest BCUT2D eigenvalue weighted by Gasteiger charge is -2.37. The van der Waals surface area contributed by atoms with Crippen molar-refractivity contribution in [1.82, 2.24) is 20.1 Å². The monoisotopic (exact) mass is 691 g/mol. The first-order valence-electron chi connectivity index (χ1n) is 17.8. The SMILES string of the molecule is CCCN(CCC)C(=O)C1CC(C(=O)NC(CC2CCCCC2)C(O)CN(CC)NS(=O)(=O)C2CCCCC2)CC(S(N)(=O)=O)C1. The van der Waals surface area contributed by atoms with Crippen LogP contribution in [-0.4, -0.2) is 92.5 Å². The summed E-state index contributed by atoms with van der Waals surface area (Å²) in [6.07, 6.45) is 10.7. The first-order valence-corrected chi connectivity index (χ1v) is 21.0. The molecule has 0 bridgehead atoms. The summed E-state index contributed by atoms with van der Waals surface area (Å²) < 4.78 is 51.4. The van der Waals surface area contributed by atoms with Gasteiger partial charge in [-0.15, -0.1) is 4.83 Å². The van der Waals surface area contributed by atoms with Gasteiger partial charge in [-0.3, -0.25) is 9.59 Å². The van der Waals surface area contributed by atoms with E-state index < -0.39 is 60.4 Å². The number of aliphatic hydroxyl groups is 1. The molecule has 14 heteroatoms. The molecule has 0 aromatic rings. The second-order valence-electron chi connectivity index (χ2n) is 14.0. The molecule has 0 spiro atoms. The summed E-state index contributed by atoms with van der Waals surface area (Å²) in [6, 6.07) is -0.662. The van der Waals surface area contributed by atoms with E-state index in [1.54, 1.807) is 4.90 Å². The third-order valence-electron chi connectivity index (χ3n) is 10.3. The van der Waals surface area contributed by atoms with Crippen LogP contribution in [0.3, 0.4) is 0 Å². The van der Waals surface area contributed by atoms with Gasteiger partial charge in [-0.25, -0.2) is 27.0 Å². The Morgan fingerprint density at radius 1 is 0.826 bits per heavy atom. The molecule has 268 valence electrons. The van der Waals surface area contributed by atoms with Crippen molar-refractivity contribution in [3.8, 4) is 0 Å². The second kappa shape index (κ2) is 18.4. The number of sulfonamides is 2. The minimum Gasteiger partial charge on any atom is -0.390 e. The highest BCUT2D eigenvalue weighted by molar-refractivity contribution is 7.90. The Bertz CT molecular complexity index is 1170. The molecule has 0 aromatic carbocycles. The minimum atomic E-state index is -3.99. The van der Waals surface area contributed by atoms with Crippen molar-refractivity contribution >= 4 is 31.9 Å². The number of nitrogens with one attached hydrogen (secondary N) is 2. The van der Waals surface area contributed by atoms with Crippen LogP contribution < -0.4 is 15.3 Å². The molecule has 3 fully saturated rings. The highest BCUT2D eigenvalue weighted by Crippen LogP contribution is 2.35. The molecule has 12 nitrogen and oxygen atoms in total. The first-order chi connectivity index (χ1) is 21.8. The van der Waals surface area contributed by atoms with Gasteiger partial charge in [0.1, 0.15) is 0 Å². The molecule has 5 atom stereocenters. The molecule has 5 N–H and O–H groups in total. The zero-order valence-corrected chi connectivity index (χ0v) is 30.0. The maximum absolute atomic E-state index is 13.9. The highest BCUT2D eigenvalue weighted by atomic mass is 32.2. The Morgan fingerprint density at radius 2 is 1.39 bits per heavy atom. The zero-order chi connectivity index (χ0) is 33.9. The van der Waals surface area contributed by atoms with Crippen LogP contribution in [0.15, 0.2) is 0 Å². The van der Waals surface area contributed by atoms with Crippen molar-refractivity contribution in [2.45, 2.75) is 146 Å². The number of primary sulfonamides is 1. The zero-order valence-electron chi connectivity index (χ0n) is 28.4. The molecular formula is C32H61N5O7S2. The number of carbonyl (C=O) groups excluding carboxylic acids is 2. The first kappa shape index (κ1) is 39.1. The van der Waals surface area contributed by atoms with Crippen molar-refractivity contribution in [2.24, 2.45) is 22.9 Å². The van der Waals surface area contributed by atoms with Crippen molar-refractivity contribution in [3.05, 3.63) is 0 Å². The largest absolute Gasteiger partial charge is 0.390 e. The van der Waals surface area contributed by atoms with E-state index in [9.17, 15) is 31.5 Å². The van der Waals surface area contributed by atoms with Crippen LogP contribution in [0.25, 0.3) is 0 Å². The van der Waals surface area contributed by atoms with E-state index in [0.717, 1.165) is 64.2 Å². The van der Waals surface area contributed by atoms with Gasteiger partial charge in [-0.05, 0) is 57.3 Å². The lowest BCUT2D eigenvalue weighted by molar-refractivity contribution is -0.138. The topological polar surface area (TPSA) is 179 Å². The fourth-order valence-corrected chi connectivity index (χ4v) is 10.4. The third kappa shape index (κ3) is 11.7. The van der Waals surface area contributed by atoms with Crippen molar-refractivity contribution in [3.63, 3.8) is 0 Å². The Hall–Kier alpha value is -1.32. The van der Waals surface area contributed by atoms with Crippen LogP contribution >= 0.6 is 0 Å². The van der Waals surface area contributed by atoms with Crippen LogP contribution in [-0.2, 0) is 29.6 Å². The minimum absolute atomic E-state index is 0.00526. The smallest absolute Gasteiger partial charge is 0.227 e. The fraction of sp³-hybridized carbons (Fsp3) is 0.938. The van der Waals surface area contributed by atoms with E-state index in [1.807, 2.05) is 20.8 Å². The lowest BCUT2D eigenvalue weighted by Crippen LogP contribution is -2.55. The van der Waals surface area contributed by atoms with E-state index in [1.165, 1.54) is 5.01 Å². The van der Waals surface area contributed by atoms with E-state index >= 15 is 0 Å². The Labute approximate surface area is 278 Å². The molecule has 0 aliphatic heterocycles. The van der Waals surface area contributed by atoms with E-state index in [2.05, 4.69) is 10.1 Å². The number of hydrogen-bond acceptors (Lipinski definition) is 8. The number of nitrogens with zero attached hydrogens (tertiary/aromatic N) is 2. The van der Waals surface area contributed by atoms with Gasteiger partial charge in [-0.2, -0.15) is 0 Å². The quantitative estimate of drug-likeness (QED) is 0.168. The Morgan fingerprint density at radius 3 is 1.93 bits per heavy atom. The van der Waals surface area contributed by atoms with Crippen molar-refractivity contribution in [1.29, 1.82) is 0 Å². The average Bonchev–Trinajstić information content (AvgIpc) is 3.03. The number of hydrogen-bond donors (Lipinski definition) is 4. The average molecular weight is 692 g/mol. The fourth-order valence-electron chi connectivity index (χ4n) is 7.69. The summed E-state index contributed by atoms with van der Waals surface area (Å²) in [5.41, 5.74) is 0. The van der Waals surface area contributed by atoms with Gasteiger partial charge in [0.15, 0.2) is 0 Å². The summed E-state index contributed by atoms with van der Waals surface area (Å²) in [5, 5.41) is 20.2. The number of nitrogens with two attached hydrogens (primary N) is 1. The Balaban J connectivity index is 1.78. The Kier molecular flexibility index (Phi) is 15.7. The van der Waals surface area contributed by atoms with Crippen LogP contribution in [0.1, 0.15) is 124 Å². The number of likely N-dealkylation sites (N-methyl/N-ethyl adjacent to an activating group) is 1. The number of rotatable bonds is 17. The van der Waals surface area contributed by atoms with Crippen molar-refractivity contribution < 1.29 is 31.5 Å². The van der Waals surface area contributed by atoms with Gasteiger partial charge in [0.25, 0.3) is 0 Å². The molecule has 0 aromatic heterocycles. The van der Waals surface area contributed by atoms with Gasteiger partial charge in [0.2, 0.25) is 31.9 Å². The maximum Gasteiger partial charge on any atom is 0.227 e. The summed E-state index contributed by atoms with van der Waals surface area (Å²) in [4.78, 5) is 31.9. The highest BCUT2D eigenvalue weighted by Gasteiger charge is 2.42. The molecule has 0 radical (unpaired) electrons. The van der Waals surface area contributed by atoms with Crippen LogP contribution in [0.5, 0.6) is 0 Å². The summed E-state index contributed by atoms with van der Waals surface area (Å²) in [5.74, 6) is -1.63. The molecule has 5 unspecified atom stereocenters. The second-order valence-corrected chi connectivity index (χ2v) is 17.8. The summed E-state index contributed by atoms with van der Waals surface area (Å²) in [6.45, 7) is 7.24. The van der Waals surface area contributed by atoms with E-state index in [0.29, 0.717) is 44.8 Å². The lowest BCUT2D eigenvalue weighted by atomic mass is 9.79. The van der Waals surface area contributed by atoms with Crippen LogP contribution in [0.2, 0.25) is 0 Å². The van der Waals surface area contributed by atoms with Gasteiger partial charge in [-0.1, -0.05) is 72.1 Å². The molecule has 0 heterocycles. The predicted octanol–water partition coefficient (Wildman–Crippen LogP) is 3.01. The number of hydrazine groups is 1. The molecule has 0 saturated heterocycles. The number of amides is 2. The van der Waals surface area contributed by atoms with Crippen molar-refractivity contribution in [2.75, 3.05) is 26.2 Å². The van der Waals surface area contributed by atoms with Gasteiger partial charge >= 0.3 is 0 Å². The molecule has 3 aliphatic rings. The summed E-state index contributed by atoms with van der Waals surface area (Å²) >= 11 is 0. The summed E-state index contributed by atoms with van der Waals surface area (Å²) in [7, 11) is -7.61. The maximum atomic E-state index is 13.9. The van der Waals surface area contributed by atoms with Crippen LogP contribution in [0, 0.1) is 17.8 Å². The van der Waals surface area contributed by atoms with E-state index in [4.69, 9.17) is 5.14 Å². The van der Waals surface area contributed by atoms with Gasteiger partial charge in [0, 0.05) is 38.0 Å². The van der Waals surface area contributed by atoms with Gasteiger partial charge in [0.05, 0.1) is 22.6 Å². The molecule has 3 rings (SSSR count). The molecule has 2 amide bonds. The molecular weight excluding hydrogens is 631 g/mol. The molecule has 46 heavy (non-hydrogen) atoms. The van der Waals surface area contributed by atoms with Gasteiger partial charge < -0.3 is 15.3 Å². The van der Waals surface area contributed by atoms with E-state index in [-0.39, 0.29) is 31.7 Å². The predicted molar refractivity (Wildman–Crippen MR) is 180 cm³/mol. The molecule has 3 saturated carbocycles. The third-order valence-corrected chi connectivity index (χ3v) is 13.5. The normalized spacial score (nSPS) is 25.2. The number of aliphatic hydroxyl groups excluding tert-OH is 1. The molecule has 3 aliphatic carbocycles.